The number of amides is 2. The number of nitrogens with one attached hydrogen (secondary N) is 1. The molecule has 126 valence electrons. The van der Waals surface area contributed by atoms with E-state index in [-0.39, 0.29) is 18.4 Å². The van der Waals surface area contributed by atoms with E-state index in [2.05, 4.69) is 11.1 Å². The van der Waals surface area contributed by atoms with Gasteiger partial charge < -0.3 is 19.2 Å². The maximum absolute atomic E-state index is 13.0. The van der Waals surface area contributed by atoms with Crippen LogP contribution in [0.4, 0.5) is 0 Å². The number of para-hydroxylation sites is 1. The molecule has 0 radical (unpaired) electrons. The van der Waals surface area contributed by atoms with Gasteiger partial charge in [-0.3, -0.25) is 9.59 Å². The lowest BCUT2D eigenvalue weighted by molar-refractivity contribution is -0.158. The Labute approximate surface area is 144 Å². The number of carbonyl (C=O) groups excluding carboxylic acids is 2. The highest BCUT2D eigenvalue weighted by Gasteiger charge is 2.43. The van der Waals surface area contributed by atoms with Gasteiger partial charge in [0.2, 0.25) is 11.8 Å². The van der Waals surface area contributed by atoms with Gasteiger partial charge in [-0.25, -0.2) is 0 Å². The number of fused-ring (bicyclic) bond motifs is 4. The fourth-order valence-electron chi connectivity index (χ4n) is 3.96. The van der Waals surface area contributed by atoms with E-state index in [9.17, 15) is 9.59 Å². The van der Waals surface area contributed by atoms with Crippen molar-refractivity contribution in [3.05, 3.63) is 59.7 Å². The molecule has 0 spiro atoms. The SMILES string of the molecule is O=C1[C@@H]2Cc3c([nH]c4ccccc34)CN2C(=O)CN1Cc1ccco1. The lowest BCUT2D eigenvalue weighted by Crippen LogP contribution is -2.61. The maximum Gasteiger partial charge on any atom is 0.246 e. The highest BCUT2D eigenvalue weighted by molar-refractivity contribution is 5.96. The molecule has 4 heterocycles. The highest BCUT2D eigenvalue weighted by atomic mass is 16.3. The van der Waals surface area contributed by atoms with Gasteiger partial charge in [0.25, 0.3) is 0 Å². The zero-order valence-corrected chi connectivity index (χ0v) is 13.6. The average Bonchev–Trinajstić information content (AvgIpc) is 3.25. The Kier molecular flexibility index (Phi) is 3.00. The van der Waals surface area contributed by atoms with Crippen LogP contribution in [-0.2, 0) is 29.1 Å². The Morgan fingerprint density at radius 1 is 1.12 bits per heavy atom. The van der Waals surface area contributed by atoms with Crippen LogP contribution in [0.2, 0.25) is 0 Å². The molecule has 2 aliphatic heterocycles. The van der Waals surface area contributed by atoms with Crippen LogP contribution >= 0.6 is 0 Å². The summed E-state index contributed by atoms with van der Waals surface area (Å²) in [6.45, 7) is 0.905. The quantitative estimate of drug-likeness (QED) is 0.779. The number of piperazine rings is 1. The van der Waals surface area contributed by atoms with Gasteiger partial charge in [0.1, 0.15) is 18.3 Å². The Morgan fingerprint density at radius 3 is 2.84 bits per heavy atom. The third kappa shape index (κ3) is 2.17. The van der Waals surface area contributed by atoms with E-state index in [0.717, 1.165) is 22.2 Å². The number of rotatable bonds is 2. The summed E-state index contributed by atoms with van der Waals surface area (Å²) in [6, 6.07) is 11.3. The van der Waals surface area contributed by atoms with Crippen molar-refractivity contribution in [2.24, 2.45) is 0 Å². The number of carbonyl (C=O) groups is 2. The Morgan fingerprint density at radius 2 is 2.00 bits per heavy atom. The van der Waals surface area contributed by atoms with E-state index >= 15 is 0 Å². The molecule has 3 aromatic rings. The zero-order chi connectivity index (χ0) is 17.0. The summed E-state index contributed by atoms with van der Waals surface area (Å²) in [4.78, 5) is 32.3. The van der Waals surface area contributed by atoms with Crippen LogP contribution in [0.1, 0.15) is 17.0 Å². The molecule has 2 amide bonds. The Bertz CT molecular complexity index is 973. The summed E-state index contributed by atoms with van der Waals surface area (Å²) in [5.74, 6) is 0.672. The number of H-pyrrole nitrogens is 1. The first kappa shape index (κ1) is 14.3. The van der Waals surface area contributed by atoms with Crippen LogP contribution in [0.5, 0.6) is 0 Å². The van der Waals surface area contributed by atoms with Crippen LogP contribution in [-0.4, -0.2) is 39.2 Å². The van der Waals surface area contributed by atoms with Crippen LogP contribution in [0, 0.1) is 0 Å². The summed E-state index contributed by atoms with van der Waals surface area (Å²) in [6.07, 6.45) is 2.13. The first-order valence-corrected chi connectivity index (χ1v) is 8.40. The van der Waals surface area contributed by atoms with E-state index in [1.807, 2.05) is 24.3 Å². The van der Waals surface area contributed by atoms with Crippen molar-refractivity contribution in [3.8, 4) is 0 Å². The number of benzene rings is 1. The fourth-order valence-corrected chi connectivity index (χ4v) is 3.96. The molecule has 5 rings (SSSR count). The summed E-state index contributed by atoms with van der Waals surface area (Å²) in [7, 11) is 0. The second kappa shape index (κ2) is 5.24. The minimum absolute atomic E-state index is 0.00747. The van der Waals surface area contributed by atoms with Crippen LogP contribution in [0.3, 0.4) is 0 Å². The summed E-state index contributed by atoms with van der Waals surface area (Å²) >= 11 is 0. The second-order valence-corrected chi connectivity index (χ2v) is 6.64. The lowest BCUT2D eigenvalue weighted by atomic mass is 9.94. The van der Waals surface area contributed by atoms with Crippen LogP contribution < -0.4 is 0 Å². The summed E-state index contributed by atoms with van der Waals surface area (Å²) in [5, 5.41) is 1.14. The number of hydrogen-bond donors (Lipinski definition) is 1. The van der Waals surface area contributed by atoms with E-state index in [0.29, 0.717) is 25.3 Å². The fraction of sp³-hybridized carbons (Fsp3) is 0.263. The molecule has 25 heavy (non-hydrogen) atoms. The molecule has 0 aliphatic carbocycles. The molecule has 6 heteroatoms. The third-order valence-corrected chi connectivity index (χ3v) is 5.17. The molecule has 0 unspecified atom stereocenters. The zero-order valence-electron chi connectivity index (χ0n) is 13.6. The second-order valence-electron chi connectivity index (χ2n) is 6.64. The lowest BCUT2D eigenvalue weighted by Gasteiger charge is -2.42. The number of aromatic amines is 1. The molecule has 1 aromatic carbocycles. The molecular weight excluding hydrogens is 318 g/mol. The molecule has 2 aromatic heterocycles. The summed E-state index contributed by atoms with van der Waals surface area (Å²) in [5.41, 5.74) is 3.25. The number of hydrogen-bond acceptors (Lipinski definition) is 3. The van der Waals surface area contributed by atoms with E-state index < -0.39 is 6.04 Å². The van der Waals surface area contributed by atoms with Gasteiger partial charge in [-0.1, -0.05) is 18.2 Å². The van der Waals surface area contributed by atoms with E-state index in [1.165, 1.54) is 0 Å². The van der Waals surface area contributed by atoms with Crippen molar-refractivity contribution in [3.63, 3.8) is 0 Å². The van der Waals surface area contributed by atoms with Crippen LogP contribution in [0.25, 0.3) is 10.9 Å². The van der Waals surface area contributed by atoms with Gasteiger partial charge in [-0.2, -0.15) is 0 Å². The normalized spacial score (nSPS) is 20.1. The number of aromatic nitrogens is 1. The van der Waals surface area contributed by atoms with E-state index in [1.54, 1.807) is 22.1 Å². The standard InChI is InChI=1S/C19H17N3O3/c23-18-11-21(9-12-4-3-7-25-12)19(24)17-8-14-13-5-1-2-6-15(13)20-16(14)10-22(17)18/h1-7,17,20H,8-11H2/t17-/m0/s1. The molecule has 0 saturated carbocycles. The largest absolute Gasteiger partial charge is 0.467 e. The Hall–Kier alpha value is -3.02. The van der Waals surface area contributed by atoms with Gasteiger partial charge in [0.05, 0.1) is 19.4 Å². The molecule has 2 aliphatic rings. The predicted molar refractivity (Wildman–Crippen MR) is 90.5 cm³/mol. The van der Waals surface area contributed by atoms with Crippen molar-refractivity contribution >= 4 is 22.7 Å². The molecular formula is C19H17N3O3. The average molecular weight is 335 g/mol. The first-order valence-electron chi connectivity index (χ1n) is 8.40. The van der Waals surface area contributed by atoms with E-state index in [4.69, 9.17) is 4.42 Å². The topological polar surface area (TPSA) is 69.6 Å². The maximum atomic E-state index is 13.0. The monoisotopic (exact) mass is 335 g/mol. The van der Waals surface area contributed by atoms with Crippen LogP contribution in [0.15, 0.2) is 47.1 Å². The van der Waals surface area contributed by atoms with Crippen molar-refractivity contribution in [2.45, 2.75) is 25.6 Å². The molecule has 1 atom stereocenters. The minimum Gasteiger partial charge on any atom is -0.467 e. The first-order chi connectivity index (χ1) is 12.2. The van der Waals surface area contributed by atoms with Crippen molar-refractivity contribution in [1.29, 1.82) is 0 Å². The third-order valence-electron chi connectivity index (χ3n) is 5.17. The molecule has 1 fully saturated rings. The molecule has 0 bridgehead atoms. The molecule has 1 saturated heterocycles. The van der Waals surface area contributed by atoms with Gasteiger partial charge in [0.15, 0.2) is 0 Å². The van der Waals surface area contributed by atoms with Gasteiger partial charge in [0, 0.05) is 23.0 Å². The van der Waals surface area contributed by atoms with Crippen molar-refractivity contribution in [2.75, 3.05) is 6.54 Å². The minimum atomic E-state index is -0.428. The predicted octanol–water partition coefficient (Wildman–Crippen LogP) is 2.06. The van der Waals surface area contributed by atoms with Gasteiger partial charge >= 0.3 is 0 Å². The molecule has 6 nitrogen and oxygen atoms in total. The van der Waals surface area contributed by atoms with Crippen molar-refractivity contribution in [1.82, 2.24) is 14.8 Å². The summed E-state index contributed by atoms with van der Waals surface area (Å²) < 4.78 is 5.33. The number of nitrogens with zero attached hydrogens (tertiary/aromatic N) is 2. The number of furan rings is 1. The smallest absolute Gasteiger partial charge is 0.246 e. The van der Waals surface area contributed by atoms with Crippen molar-refractivity contribution < 1.29 is 14.0 Å². The van der Waals surface area contributed by atoms with Gasteiger partial charge in [-0.15, -0.1) is 0 Å². The Balaban J connectivity index is 1.49. The molecule has 1 N–H and O–H groups in total. The van der Waals surface area contributed by atoms with Gasteiger partial charge in [-0.05, 0) is 23.8 Å². The highest BCUT2D eigenvalue weighted by Crippen LogP contribution is 2.32.